The Morgan fingerprint density at radius 2 is 1.85 bits per heavy atom. The fourth-order valence-corrected chi connectivity index (χ4v) is 9.48. The first-order valence-electron chi connectivity index (χ1n) is 15.4. The van der Waals surface area contributed by atoms with Crippen molar-refractivity contribution in [2.45, 2.75) is 50.2 Å². The van der Waals surface area contributed by atoms with E-state index >= 15 is 4.11 Å². The molecule has 0 radical (unpaired) electrons. The van der Waals surface area contributed by atoms with Crippen LogP contribution in [0.1, 0.15) is 34.8 Å². The lowest BCUT2D eigenvalue weighted by atomic mass is 9.82. The molecule has 0 aliphatic carbocycles. The van der Waals surface area contributed by atoms with Crippen LogP contribution in [-0.2, 0) is 26.5 Å². The van der Waals surface area contributed by atoms with Gasteiger partial charge in [-0.3, -0.25) is 14.4 Å². The van der Waals surface area contributed by atoms with Gasteiger partial charge in [0, 0.05) is 53.6 Å². The molecule has 1 fully saturated rings. The highest BCUT2D eigenvalue weighted by atomic mass is 28.4. The summed E-state index contributed by atoms with van der Waals surface area (Å²) in [6.45, 7) is 9.14. The molecule has 4 N–H and O–H groups in total. The van der Waals surface area contributed by atoms with Crippen LogP contribution in [0.5, 0.6) is 0 Å². The van der Waals surface area contributed by atoms with Crippen molar-refractivity contribution in [1.29, 1.82) is 0 Å². The number of carbonyl (C=O) groups is 3. The van der Waals surface area contributed by atoms with E-state index in [0.29, 0.717) is 28.2 Å². The molecule has 3 aromatic rings. The van der Waals surface area contributed by atoms with Gasteiger partial charge in [0.1, 0.15) is 0 Å². The zero-order chi connectivity index (χ0) is 33.2. The van der Waals surface area contributed by atoms with E-state index in [4.69, 9.17) is 10.5 Å². The van der Waals surface area contributed by atoms with Crippen molar-refractivity contribution in [2.75, 3.05) is 35.6 Å². The first kappa shape index (κ1) is 33.1. The summed E-state index contributed by atoms with van der Waals surface area (Å²) in [5.74, 6) is -1.63. The zero-order valence-corrected chi connectivity index (χ0v) is 27.4. The van der Waals surface area contributed by atoms with Crippen molar-refractivity contribution in [2.24, 2.45) is 5.92 Å². The van der Waals surface area contributed by atoms with Gasteiger partial charge < -0.3 is 34.8 Å². The van der Waals surface area contributed by atoms with Gasteiger partial charge in [0.2, 0.25) is 14.3 Å². The van der Waals surface area contributed by atoms with Gasteiger partial charge >= 0.3 is 0 Å². The molecule has 0 aromatic heterocycles. The molecule has 2 aliphatic rings. The number of aliphatic hydroxyl groups excluding tert-OH is 1. The number of nitrogens with zero attached hydrogens (tertiary/aromatic N) is 2. The van der Waals surface area contributed by atoms with Crippen molar-refractivity contribution in [1.82, 2.24) is 4.90 Å². The third-order valence-electron chi connectivity index (χ3n) is 9.02. The van der Waals surface area contributed by atoms with E-state index in [1.54, 1.807) is 66.5 Å². The molecule has 2 aliphatic heterocycles. The molecule has 0 saturated carbocycles. The highest BCUT2D eigenvalue weighted by Crippen LogP contribution is 2.60. The number of nitrogen functional groups attached to an aromatic ring is 1. The highest BCUT2D eigenvalue weighted by Gasteiger charge is 2.67. The molecule has 0 unspecified atom stereocenters. The van der Waals surface area contributed by atoms with Crippen molar-refractivity contribution in [3.63, 3.8) is 0 Å². The molecule has 2 heterocycles. The number of ether oxygens (including phenoxy) is 1. The lowest BCUT2D eigenvalue weighted by Crippen LogP contribution is -2.45. The summed E-state index contributed by atoms with van der Waals surface area (Å²) in [4.78, 5) is 44.3. The molecule has 0 bridgehead atoms. The molecular weight excluding hydrogens is 603 g/mol. The maximum Gasteiger partial charge on any atom is 0.264 e. The molecular formula is C35H41FN4O5Si. The van der Waals surface area contributed by atoms with Crippen LogP contribution >= 0.6 is 0 Å². The second kappa shape index (κ2) is 13.2. The van der Waals surface area contributed by atoms with Gasteiger partial charge in [0.15, 0.2) is 5.60 Å². The number of benzene rings is 3. The second-order valence-electron chi connectivity index (χ2n) is 12.5. The summed E-state index contributed by atoms with van der Waals surface area (Å²) in [5.41, 5.74) is 6.87. The lowest BCUT2D eigenvalue weighted by Gasteiger charge is -2.31. The van der Waals surface area contributed by atoms with Crippen LogP contribution in [0.3, 0.4) is 0 Å². The normalized spacial score (nSPS) is 22.2. The lowest BCUT2D eigenvalue weighted by molar-refractivity contribution is -0.149. The van der Waals surface area contributed by atoms with Crippen LogP contribution < -0.4 is 16.0 Å². The number of carbonyl (C=O) groups excluding carboxylic acids is 3. The van der Waals surface area contributed by atoms with Crippen LogP contribution in [0.25, 0.3) is 0 Å². The third-order valence-corrected chi connectivity index (χ3v) is 11.5. The Morgan fingerprint density at radius 3 is 2.48 bits per heavy atom. The van der Waals surface area contributed by atoms with Crippen LogP contribution in [0.15, 0.2) is 85.5 Å². The molecule has 4 atom stereocenters. The summed E-state index contributed by atoms with van der Waals surface area (Å²) < 4.78 is 23.0. The number of hydrogen-bond acceptors (Lipinski definition) is 6. The molecule has 3 aromatic carbocycles. The molecule has 9 nitrogen and oxygen atoms in total. The molecule has 3 amide bonds. The van der Waals surface area contributed by atoms with E-state index in [0.717, 1.165) is 5.56 Å². The number of nitrogens with one attached hydrogen (secondary N) is 1. The average Bonchev–Trinajstić information content (AvgIpc) is 3.44. The van der Waals surface area contributed by atoms with E-state index in [1.165, 1.54) is 4.90 Å². The smallest absolute Gasteiger partial charge is 0.264 e. The Labute approximate surface area is 270 Å². The van der Waals surface area contributed by atoms with Gasteiger partial charge in [-0.05, 0) is 61.1 Å². The highest BCUT2D eigenvalue weighted by molar-refractivity contribution is 6.72. The minimum absolute atomic E-state index is 0.105. The fraction of sp³-hybridized carbons (Fsp3) is 0.343. The standard InChI is InChI=1S/C35H41FN4O5Si/c1-5-17-40-29-16-15-27(38-33(43)25-11-13-26(37)14-12-25)20-28(29)35(34(40)44)23(2)32(46(3,4)36)30(45-35)21-31(42)39(18-19-41)22-24-9-7-6-8-10-24/h5-16,20,23,30,32,41H,1,17-19,21-22,37H2,2-4H3,(H,38,43)/t23-,30+,32-,35+/m0/s1. The Balaban J connectivity index is 1.51. The van der Waals surface area contributed by atoms with E-state index in [9.17, 15) is 19.5 Å². The molecule has 242 valence electrons. The number of halogens is 1. The number of nitrogens with two attached hydrogens (primary N) is 1. The first-order chi connectivity index (χ1) is 21.9. The van der Waals surface area contributed by atoms with E-state index in [1.807, 2.05) is 37.3 Å². The summed E-state index contributed by atoms with van der Waals surface area (Å²) in [6.07, 6.45) is 0.570. The van der Waals surface area contributed by atoms with Gasteiger partial charge in [-0.25, -0.2) is 0 Å². The Kier molecular flexibility index (Phi) is 9.48. The fourth-order valence-electron chi connectivity index (χ4n) is 6.99. The number of fused-ring (bicyclic) bond motifs is 2. The van der Waals surface area contributed by atoms with Crippen LogP contribution in [-0.4, -0.2) is 61.9 Å². The molecule has 1 spiro atoms. The predicted molar refractivity (Wildman–Crippen MR) is 179 cm³/mol. The van der Waals surface area contributed by atoms with Crippen LogP contribution in [0.4, 0.5) is 21.2 Å². The summed E-state index contributed by atoms with van der Waals surface area (Å²) in [6, 6.07) is 21.1. The van der Waals surface area contributed by atoms with E-state index < -0.39 is 31.6 Å². The monoisotopic (exact) mass is 644 g/mol. The molecule has 1 saturated heterocycles. The van der Waals surface area contributed by atoms with Crippen molar-refractivity contribution < 1.29 is 28.3 Å². The minimum atomic E-state index is -3.53. The van der Waals surface area contributed by atoms with Crippen molar-refractivity contribution in [3.8, 4) is 0 Å². The largest absolute Gasteiger partial charge is 0.399 e. The number of rotatable bonds is 11. The van der Waals surface area contributed by atoms with Crippen molar-refractivity contribution >= 4 is 43.2 Å². The zero-order valence-electron chi connectivity index (χ0n) is 26.4. The maximum absolute atomic E-state index is 16.3. The average molecular weight is 645 g/mol. The summed E-state index contributed by atoms with van der Waals surface area (Å²) in [5, 5.41) is 12.6. The number of amides is 3. The third kappa shape index (κ3) is 6.22. The number of anilines is 3. The van der Waals surface area contributed by atoms with Gasteiger partial charge in [0.25, 0.3) is 11.8 Å². The molecule has 11 heteroatoms. The topological polar surface area (TPSA) is 125 Å². The van der Waals surface area contributed by atoms with E-state index in [2.05, 4.69) is 11.9 Å². The van der Waals surface area contributed by atoms with Gasteiger partial charge in [-0.1, -0.05) is 43.3 Å². The number of aliphatic hydroxyl groups is 1. The minimum Gasteiger partial charge on any atom is -0.399 e. The van der Waals surface area contributed by atoms with Crippen LogP contribution in [0, 0.1) is 5.92 Å². The number of hydrogen-bond donors (Lipinski definition) is 3. The van der Waals surface area contributed by atoms with Crippen molar-refractivity contribution in [3.05, 3.63) is 102 Å². The van der Waals surface area contributed by atoms with Gasteiger partial charge in [-0.2, -0.15) is 0 Å². The van der Waals surface area contributed by atoms with Gasteiger partial charge in [-0.15, -0.1) is 6.58 Å². The Morgan fingerprint density at radius 1 is 1.15 bits per heavy atom. The summed E-state index contributed by atoms with van der Waals surface area (Å²) >= 11 is 0. The molecule has 5 rings (SSSR count). The summed E-state index contributed by atoms with van der Waals surface area (Å²) in [7, 11) is -3.53. The van der Waals surface area contributed by atoms with E-state index in [-0.39, 0.29) is 50.4 Å². The first-order valence-corrected chi connectivity index (χ1v) is 18.4. The Bertz CT molecular complexity index is 1610. The second-order valence-corrected chi connectivity index (χ2v) is 16.3. The Hall–Kier alpha value is -4.32. The predicted octanol–water partition coefficient (Wildman–Crippen LogP) is 5.24. The van der Waals surface area contributed by atoms with Gasteiger partial charge in [0.05, 0.1) is 24.8 Å². The molecule has 46 heavy (non-hydrogen) atoms. The SMILES string of the molecule is C=CCN1C(=O)[C@]2(O[C@H](CC(=O)N(CCO)Cc3ccccc3)[C@@H]([Si](C)(C)F)[C@@H]2C)c2cc(NC(=O)c3ccc(N)cc3)ccc21. The quantitative estimate of drug-likeness (QED) is 0.114. The van der Waals surface area contributed by atoms with Crippen LogP contribution in [0.2, 0.25) is 18.6 Å². The maximum atomic E-state index is 16.3.